The van der Waals surface area contributed by atoms with Gasteiger partial charge in [0.25, 0.3) is 0 Å². The van der Waals surface area contributed by atoms with Gasteiger partial charge in [-0.1, -0.05) is 0 Å². The largest absolute Gasteiger partial charge is 0.368 e. The molecule has 2 rings (SSSR count). The highest BCUT2D eigenvalue weighted by Crippen LogP contribution is 2.16. The molecule has 0 amide bonds. The van der Waals surface area contributed by atoms with Crippen molar-refractivity contribution in [1.82, 2.24) is 19.7 Å². The maximum atomic E-state index is 5.59. The normalized spacial score (nSPS) is 10.5. The SMILES string of the molecule is Cc1nn(C)c(C)c1CNc1cc(NN)nc(N)n1. The molecule has 0 saturated heterocycles. The van der Waals surface area contributed by atoms with E-state index in [0.29, 0.717) is 18.2 Å². The highest BCUT2D eigenvalue weighted by Gasteiger charge is 2.09. The second-order valence-corrected chi connectivity index (χ2v) is 4.27. The number of nitrogens with one attached hydrogen (secondary N) is 2. The first-order valence-corrected chi connectivity index (χ1v) is 5.85. The Kier molecular flexibility index (Phi) is 3.52. The Bertz CT molecular complexity index is 589. The minimum atomic E-state index is 0.164. The standard InChI is InChI=1S/C11H18N8/c1-6-8(7(2)19(3)18-6)5-14-9-4-10(17-13)16-11(12)15-9/h4H,5,13H2,1-3H3,(H4,12,14,15,16,17). The summed E-state index contributed by atoms with van der Waals surface area (Å²) in [6, 6.07) is 1.69. The van der Waals surface area contributed by atoms with E-state index in [1.54, 1.807) is 6.07 Å². The summed E-state index contributed by atoms with van der Waals surface area (Å²) in [6.45, 7) is 4.62. The molecule has 2 aromatic rings. The molecule has 8 heteroatoms. The second-order valence-electron chi connectivity index (χ2n) is 4.27. The molecule has 2 heterocycles. The van der Waals surface area contributed by atoms with Crippen LogP contribution in [0.25, 0.3) is 0 Å². The monoisotopic (exact) mass is 262 g/mol. The van der Waals surface area contributed by atoms with E-state index >= 15 is 0 Å². The predicted octanol–water partition coefficient (Wildman–Crippen LogP) is 0.307. The summed E-state index contributed by atoms with van der Waals surface area (Å²) in [7, 11) is 1.92. The summed E-state index contributed by atoms with van der Waals surface area (Å²) < 4.78 is 1.85. The van der Waals surface area contributed by atoms with Crippen LogP contribution in [0.15, 0.2) is 6.07 Å². The Balaban J connectivity index is 2.16. The van der Waals surface area contributed by atoms with Gasteiger partial charge in [0, 0.05) is 30.9 Å². The van der Waals surface area contributed by atoms with Gasteiger partial charge < -0.3 is 16.5 Å². The van der Waals surface area contributed by atoms with Crippen LogP contribution in [-0.2, 0) is 13.6 Å². The topological polar surface area (TPSA) is 120 Å². The molecule has 0 aromatic carbocycles. The zero-order valence-corrected chi connectivity index (χ0v) is 11.2. The van der Waals surface area contributed by atoms with E-state index in [1.165, 1.54) is 0 Å². The van der Waals surface area contributed by atoms with Crippen molar-refractivity contribution >= 4 is 17.6 Å². The molecular weight excluding hydrogens is 244 g/mol. The fourth-order valence-electron chi connectivity index (χ4n) is 1.88. The number of hydrazine groups is 1. The number of hydrogen-bond donors (Lipinski definition) is 4. The van der Waals surface area contributed by atoms with Gasteiger partial charge in [-0.15, -0.1) is 0 Å². The van der Waals surface area contributed by atoms with Crippen molar-refractivity contribution in [3.8, 4) is 0 Å². The van der Waals surface area contributed by atoms with Crippen molar-refractivity contribution in [1.29, 1.82) is 0 Å². The molecule has 0 fully saturated rings. The number of aryl methyl sites for hydroxylation is 2. The predicted molar refractivity (Wildman–Crippen MR) is 74.3 cm³/mol. The third kappa shape index (κ3) is 2.74. The fourth-order valence-corrected chi connectivity index (χ4v) is 1.88. The van der Waals surface area contributed by atoms with Crippen LogP contribution in [0, 0.1) is 13.8 Å². The van der Waals surface area contributed by atoms with Crippen LogP contribution in [0.4, 0.5) is 17.6 Å². The molecule has 0 atom stereocenters. The average Bonchev–Trinajstić information content (AvgIpc) is 2.60. The number of nitrogen functional groups attached to an aromatic ring is 2. The Morgan fingerprint density at radius 2 is 1.95 bits per heavy atom. The molecule has 0 aliphatic rings. The van der Waals surface area contributed by atoms with Gasteiger partial charge >= 0.3 is 0 Å². The van der Waals surface area contributed by atoms with Crippen LogP contribution in [0.5, 0.6) is 0 Å². The molecule has 0 radical (unpaired) electrons. The van der Waals surface area contributed by atoms with Gasteiger partial charge in [-0.2, -0.15) is 15.1 Å². The number of nitrogens with two attached hydrogens (primary N) is 2. The quantitative estimate of drug-likeness (QED) is 0.462. The minimum absolute atomic E-state index is 0.164. The molecular formula is C11H18N8. The molecule has 0 unspecified atom stereocenters. The smallest absolute Gasteiger partial charge is 0.223 e. The van der Waals surface area contributed by atoms with Gasteiger partial charge in [0.1, 0.15) is 11.6 Å². The molecule has 19 heavy (non-hydrogen) atoms. The lowest BCUT2D eigenvalue weighted by molar-refractivity contribution is 0.730. The molecule has 102 valence electrons. The maximum absolute atomic E-state index is 5.59. The molecule has 8 nitrogen and oxygen atoms in total. The first-order valence-electron chi connectivity index (χ1n) is 5.85. The molecule has 0 saturated carbocycles. The lowest BCUT2D eigenvalue weighted by Gasteiger charge is -2.08. The number of aromatic nitrogens is 4. The highest BCUT2D eigenvalue weighted by molar-refractivity contribution is 5.50. The van der Waals surface area contributed by atoms with Crippen molar-refractivity contribution < 1.29 is 0 Å². The molecule has 2 aromatic heterocycles. The number of nitrogens with zero attached hydrogens (tertiary/aromatic N) is 4. The summed E-state index contributed by atoms with van der Waals surface area (Å²) in [5, 5.41) is 7.55. The molecule has 0 aliphatic heterocycles. The fraction of sp³-hybridized carbons (Fsp3) is 0.364. The Hall–Kier alpha value is -2.35. The van der Waals surface area contributed by atoms with Gasteiger partial charge in [0.2, 0.25) is 5.95 Å². The zero-order valence-electron chi connectivity index (χ0n) is 11.2. The van der Waals surface area contributed by atoms with Gasteiger partial charge in [-0.3, -0.25) is 4.68 Å². The first kappa shape index (κ1) is 13.1. The summed E-state index contributed by atoms with van der Waals surface area (Å²) in [5.74, 6) is 6.56. The minimum Gasteiger partial charge on any atom is -0.368 e. The third-order valence-electron chi connectivity index (χ3n) is 3.00. The van der Waals surface area contributed by atoms with E-state index in [4.69, 9.17) is 11.6 Å². The molecule has 0 spiro atoms. The second kappa shape index (κ2) is 5.11. The zero-order chi connectivity index (χ0) is 14.0. The van der Waals surface area contributed by atoms with Gasteiger partial charge in [0.15, 0.2) is 0 Å². The van der Waals surface area contributed by atoms with Crippen LogP contribution < -0.4 is 22.3 Å². The summed E-state index contributed by atoms with van der Waals surface area (Å²) >= 11 is 0. The van der Waals surface area contributed by atoms with E-state index in [9.17, 15) is 0 Å². The Labute approximate surface area is 111 Å². The van der Waals surface area contributed by atoms with E-state index in [-0.39, 0.29) is 5.95 Å². The van der Waals surface area contributed by atoms with E-state index in [0.717, 1.165) is 17.0 Å². The van der Waals surface area contributed by atoms with Gasteiger partial charge in [0.05, 0.1) is 5.69 Å². The number of rotatable bonds is 4. The molecule has 0 bridgehead atoms. The Morgan fingerprint density at radius 3 is 2.53 bits per heavy atom. The van der Waals surface area contributed by atoms with Crippen LogP contribution in [0.3, 0.4) is 0 Å². The molecule has 6 N–H and O–H groups in total. The lowest BCUT2D eigenvalue weighted by Crippen LogP contribution is -2.12. The van der Waals surface area contributed by atoms with E-state index in [2.05, 4.69) is 25.8 Å². The van der Waals surface area contributed by atoms with Crippen molar-refractivity contribution in [2.45, 2.75) is 20.4 Å². The summed E-state index contributed by atoms with van der Waals surface area (Å²) in [4.78, 5) is 8.02. The average molecular weight is 262 g/mol. The van der Waals surface area contributed by atoms with E-state index in [1.807, 2.05) is 25.6 Å². The highest BCUT2D eigenvalue weighted by atomic mass is 15.3. The maximum Gasteiger partial charge on any atom is 0.223 e. The van der Waals surface area contributed by atoms with Crippen LogP contribution in [0.1, 0.15) is 17.0 Å². The van der Waals surface area contributed by atoms with Crippen LogP contribution in [0.2, 0.25) is 0 Å². The van der Waals surface area contributed by atoms with Crippen molar-refractivity contribution in [2.75, 3.05) is 16.5 Å². The van der Waals surface area contributed by atoms with Crippen molar-refractivity contribution in [2.24, 2.45) is 12.9 Å². The molecule has 0 aliphatic carbocycles. The van der Waals surface area contributed by atoms with E-state index < -0.39 is 0 Å². The summed E-state index contributed by atoms with van der Waals surface area (Å²) in [6.07, 6.45) is 0. The first-order chi connectivity index (χ1) is 9.01. The van der Waals surface area contributed by atoms with Gasteiger partial charge in [-0.05, 0) is 13.8 Å². The van der Waals surface area contributed by atoms with Crippen molar-refractivity contribution in [3.05, 3.63) is 23.0 Å². The van der Waals surface area contributed by atoms with Gasteiger partial charge in [-0.25, -0.2) is 5.84 Å². The summed E-state index contributed by atoms with van der Waals surface area (Å²) in [5.41, 5.74) is 11.3. The van der Waals surface area contributed by atoms with Crippen molar-refractivity contribution in [3.63, 3.8) is 0 Å². The number of anilines is 3. The lowest BCUT2D eigenvalue weighted by atomic mass is 10.2. The Morgan fingerprint density at radius 1 is 1.26 bits per heavy atom. The van der Waals surface area contributed by atoms with Crippen LogP contribution >= 0.6 is 0 Å². The number of hydrogen-bond acceptors (Lipinski definition) is 7. The third-order valence-corrected chi connectivity index (χ3v) is 3.00. The van der Waals surface area contributed by atoms with Crippen LogP contribution in [-0.4, -0.2) is 19.7 Å².